The van der Waals surface area contributed by atoms with Gasteiger partial charge in [-0.2, -0.15) is 0 Å². The molecule has 2 amide bonds. The molecule has 0 saturated carbocycles. The standard InChI is InChI=1S/C9H16N2O3/c1-4-7(6(3)10)8(12)11-9(13)14-5-2/h7,10H,4-5H2,1-3H3,(H,11,12,13). The van der Waals surface area contributed by atoms with Crippen molar-refractivity contribution in [2.45, 2.75) is 27.2 Å². The lowest BCUT2D eigenvalue weighted by Gasteiger charge is -2.12. The Kier molecular flexibility index (Phi) is 5.52. The van der Waals surface area contributed by atoms with Crippen molar-refractivity contribution in [3.05, 3.63) is 0 Å². The zero-order valence-corrected chi connectivity index (χ0v) is 8.72. The van der Waals surface area contributed by atoms with E-state index >= 15 is 0 Å². The maximum atomic E-state index is 11.3. The van der Waals surface area contributed by atoms with Gasteiger partial charge in [-0.05, 0) is 20.3 Å². The van der Waals surface area contributed by atoms with E-state index in [-0.39, 0.29) is 12.3 Å². The van der Waals surface area contributed by atoms with Crippen molar-refractivity contribution >= 4 is 17.7 Å². The highest BCUT2D eigenvalue weighted by atomic mass is 16.5. The summed E-state index contributed by atoms with van der Waals surface area (Å²) in [5.74, 6) is -1.02. The first-order valence-electron chi connectivity index (χ1n) is 4.55. The Labute approximate surface area is 83.3 Å². The van der Waals surface area contributed by atoms with Crippen molar-refractivity contribution in [3.8, 4) is 0 Å². The number of hydrogen-bond donors (Lipinski definition) is 2. The second-order valence-electron chi connectivity index (χ2n) is 2.85. The van der Waals surface area contributed by atoms with Crippen molar-refractivity contribution in [1.82, 2.24) is 5.32 Å². The molecular formula is C9H16N2O3. The molecule has 0 aliphatic rings. The van der Waals surface area contributed by atoms with Gasteiger partial charge in [-0.15, -0.1) is 0 Å². The van der Waals surface area contributed by atoms with E-state index in [1.165, 1.54) is 0 Å². The van der Waals surface area contributed by atoms with Crippen LogP contribution in [-0.4, -0.2) is 24.3 Å². The van der Waals surface area contributed by atoms with E-state index < -0.39 is 17.9 Å². The summed E-state index contributed by atoms with van der Waals surface area (Å²) < 4.78 is 4.55. The average molecular weight is 200 g/mol. The normalized spacial score (nSPS) is 11.6. The van der Waals surface area contributed by atoms with Crippen LogP contribution in [0.5, 0.6) is 0 Å². The Bertz CT molecular complexity index is 238. The molecule has 1 unspecified atom stereocenters. The molecule has 14 heavy (non-hydrogen) atoms. The summed E-state index contributed by atoms with van der Waals surface area (Å²) in [6.07, 6.45) is -0.252. The van der Waals surface area contributed by atoms with Crippen LogP contribution >= 0.6 is 0 Å². The van der Waals surface area contributed by atoms with E-state index in [9.17, 15) is 9.59 Å². The Morgan fingerprint density at radius 1 is 1.43 bits per heavy atom. The monoisotopic (exact) mass is 200 g/mol. The van der Waals surface area contributed by atoms with Gasteiger partial charge in [0.2, 0.25) is 5.91 Å². The Balaban J connectivity index is 4.18. The van der Waals surface area contributed by atoms with Crippen LogP contribution in [0, 0.1) is 11.3 Å². The molecule has 0 heterocycles. The third-order valence-corrected chi connectivity index (χ3v) is 1.75. The molecule has 0 spiro atoms. The predicted molar refractivity (Wildman–Crippen MR) is 52.3 cm³/mol. The van der Waals surface area contributed by atoms with Crippen LogP contribution in [0.3, 0.4) is 0 Å². The predicted octanol–water partition coefficient (Wildman–Crippen LogP) is 1.32. The van der Waals surface area contributed by atoms with Gasteiger partial charge in [-0.1, -0.05) is 6.92 Å². The lowest BCUT2D eigenvalue weighted by atomic mass is 10.0. The van der Waals surface area contributed by atoms with Gasteiger partial charge < -0.3 is 10.1 Å². The van der Waals surface area contributed by atoms with Crippen LogP contribution in [0.1, 0.15) is 27.2 Å². The van der Waals surface area contributed by atoms with Gasteiger partial charge in [0.05, 0.1) is 12.5 Å². The highest BCUT2D eigenvalue weighted by Gasteiger charge is 2.20. The number of hydrogen-bond acceptors (Lipinski definition) is 4. The molecule has 2 N–H and O–H groups in total. The lowest BCUT2D eigenvalue weighted by Crippen LogP contribution is -2.38. The molecule has 1 atom stereocenters. The fourth-order valence-corrected chi connectivity index (χ4v) is 1.04. The van der Waals surface area contributed by atoms with E-state index in [1.54, 1.807) is 20.8 Å². The second-order valence-corrected chi connectivity index (χ2v) is 2.85. The molecule has 0 rings (SSSR count). The minimum absolute atomic E-state index is 0.222. The van der Waals surface area contributed by atoms with Crippen molar-refractivity contribution in [2.24, 2.45) is 5.92 Å². The van der Waals surface area contributed by atoms with E-state index in [0.717, 1.165) is 0 Å². The van der Waals surface area contributed by atoms with Crippen molar-refractivity contribution in [2.75, 3.05) is 6.61 Å². The SMILES string of the molecule is CCOC(=O)NC(=O)C(CC)C(C)=N. The van der Waals surface area contributed by atoms with Gasteiger partial charge in [-0.25, -0.2) is 4.79 Å². The molecule has 5 nitrogen and oxygen atoms in total. The summed E-state index contributed by atoms with van der Waals surface area (Å²) in [5.41, 5.74) is 0.245. The number of alkyl carbamates (subject to hydrolysis) is 1. The summed E-state index contributed by atoms with van der Waals surface area (Å²) in [7, 11) is 0. The summed E-state index contributed by atoms with van der Waals surface area (Å²) in [4.78, 5) is 22.2. The van der Waals surface area contributed by atoms with Gasteiger partial charge in [-0.3, -0.25) is 10.1 Å². The maximum Gasteiger partial charge on any atom is 0.413 e. The van der Waals surface area contributed by atoms with Gasteiger partial charge in [0.15, 0.2) is 0 Å². The summed E-state index contributed by atoms with van der Waals surface area (Å²) in [6, 6.07) is 0. The van der Waals surface area contributed by atoms with Crippen LogP contribution in [-0.2, 0) is 9.53 Å². The first kappa shape index (κ1) is 12.6. The fourth-order valence-electron chi connectivity index (χ4n) is 1.04. The molecule has 0 aliphatic heterocycles. The third-order valence-electron chi connectivity index (χ3n) is 1.75. The molecule has 0 aromatic carbocycles. The van der Waals surface area contributed by atoms with Crippen LogP contribution in [0.2, 0.25) is 0 Å². The van der Waals surface area contributed by atoms with Gasteiger partial charge in [0, 0.05) is 5.71 Å². The molecule has 5 heteroatoms. The van der Waals surface area contributed by atoms with Gasteiger partial charge in [0.1, 0.15) is 0 Å². The summed E-state index contributed by atoms with van der Waals surface area (Å²) >= 11 is 0. The zero-order chi connectivity index (χ0) is 11.1. The molecule has 0 radical (unpaired) electrons. The van der Waals surface area contributed by atoms with Crippen LogP contribution in [0.15, 0.2) is 0 Å². The second kappa shape index (κ2) is 6.12. The lowest BCUT2D eigenvalue weighted by molar-refractivity contribution is -0.122. The van der Waals surface area contributed by atoms with Gasteiger partial charge in [0.25, 0.3) is 0 Å². The van der Waals surface area contributed by atoms with Crippen LogP contribution in [0.25, 0.3) is 0 Å². The Morgan fingerprint density at radius 2 is 2.00 bits per heavy atom. The molecular weight excluding hydrogens is 184 g/mol. The molecule has 0 aromatic rings. The van der Waals surface area contributed by atoms with Crippen molar-refractivity contribution < 1.29 is 14.3 Å². The van der Waals surface area contributed by atoms with E-state index in [2.05, 4.69) is 10.1 Å². The van der Waals surface area contributed by atoms with Crippen LogP contribution < -0.4 is 5.32 Å². The Morgan fingerprint density at radius 3 is 2.36 bits per heavy atom. The van der Waals surface area contributed by atoms with Gasteiger partial charge >= 0.3 is 6.09 Å². The third kappa shape index (κ3) is 4.02. The number of nitrogens with one attached hydrogen (secondary N) is 2. The smallest absolute Gasteiger partial charge is 0.413 e. The molecule has 0 bridgehead atoms. The molecule has 80 valence electrons. The topological polar surface area (TPSA) is 79.2 Å². The molecule has 0 saturated heterocycles. The number of carbonyl (C=O) groups is 2. The molecule has 0 aromatic heterocycles. The molecule has 0 fully saturated rings. The number of carbonyl (C=O) groups excluding carboxylic acids is 2. The summed E-state index contributed by atoms with van der Waals surface area (Å²) in [6.45, 7) is 5.20. The van der Waals surface area contributed by atoms with E-state index in [0.29, 0.717) is 6.42 Å². The number of amides is 2. The highest BCUT2D eigenvalue weighted by Crippen LogP contribution is 2.04. The van der Waals surface area contributed by atoms with E-state index in [4.69, 9.17) is 5.41 Å². The quantitative estimate of drug-likeness (QED) is 0.672. The zero-order valence-electron chi connectivity index (χ0n) is 8.72. The largest absolute Gasteiger partial charge is 0.450 e. The number of imide groups is 1. The number of ether oxygens (including phenoxy) is 1. The number of rotatable bonds is 4. The minimum atomic E-state index is -0.753. The fraction of sp³-hybridized carbons (Fsp3) is 0.667. The first-order valence-corrected chi connectivity index (χ1v) is 4.55. The Hall–Kier alpha value is -1.39. The minimum Gasteiger partial charge on any atom is -0.450 e. The van der Waals surface area contributed by atoms with Crippen LogP contribution in [0.4, 0.5) is 4.79 Å². The van der Waals surface area contributed by atoms with Crippen molar-refractivity contribution in [3.63, 3.8) is 0 Å². The van der Waals surface area contributed by atoms with E-state index in [1.807, 2.05) is 0 Å². The maximum absolute atomic E-state index is 11.3. The average Bonchev–Trinajstić information content (AvgIpc) is 2.04. The first-order chi connectivity index (χ1) is 6.52. The highest BCUT2D eigenvalue weighted by molar-refractivity contribution is 6.06. The van der Waals surface area contributed by atoms with Crippen molar-refractivity contribution in [1.29, 1.82) is 5.41 Å². The summed E-state index contributed by atoms with van der Waals surface area (Å²) in [5, 5.41) is 9.39. The molecule has 0 aliphatic carbocycles.